The highest BCUT2D eigenvalue weighted by Gasteiger charge is 2.51. The van der Waals surface area contributed by atoms with Gasteiger partial charge in [0.2, 0.25) is 5.76 Å². The van der Waals surface area contributed by atoms with Crippen molar-refractivity contribution in [3.8, 4) is 0 Å². The Morgan fingerprint density at radius 3 is 2.76 bits per heavy atom. The van der Waals surface area contributed by atoms with E-state index in [1.807, 2.05) is 18.7 Å². The first-order valence-electron chi connectivity index (χ1n) is 6.02. The standard InChI is InChI=1S/C12H17N3O2/c1-7-8(2)14-17-10(7)11(16)15-5-9-3-4-12(9,13)6-15/h9H,3-6,13H2,1-2H3/t9-,12-/m0/s1. The van der Waals surface area contributed by atoms with Gasteiger partial charge < -0.3 is 15.2 Å². The molecule has 2 aliphatic rings. The predicted molar refractivity (Wildman–Crippen MR) is 61.5 cm³/mol. The molecule has 1 aliphatic carbocycles. The van der Waals surface area contributed by atoms with Crippen molar-refractivity contribution >= 4 is 5.91 Å². The summed E-state index contributed by atoms with van der Waals surface area (Å²) < 4.78 is 5.11. The lowest BCUT2D eigenvalue weighted by Gasteiger charge is -2.39. The summed E-state index contributed by atoms with van der Waals surface area (Å²) in [6.07, 6.45) is 2.16. The number of carbonyl (C=O) groups is 1. The minimum atomic E-state index is -0.140. The van der Waals surface area contributed by atoms with Crippen molar-refractivity contribution in [2.24, 2.45) is 11.7 Å². The number of fused-ring (bicyclic) bond motifs is 1. The number of aryl methyl sites for hydroxylation is 1. The number of carbonyl (C=O) groups excluding carboxylic acids is 1. The number of amides is 1. The third-order valence-electron chi connectivity index (χ3n) is 4.34. The SMILES string of the molecule is Cc1noc(C(=O)N2C[C@@H]3CC[C@]3(N)C2)c1C. The topological polar surface area (TPSA) is 72.4 Å². The predicted octanol–water partition coefficient (Wildman–Crippen LogP) is 0.855. The van der Waals surface area contributed by atoms with Gasteiger partial charge in [0.25, 0.3) is 5.91 Å². The van der Waals surface area contributed by atoms with E-state index in [4.69, 9.17) is 10.3 Å². The van der Waals surface area contributed by atoms with Gasteiger partial charge in [-0.25, -0.2) is 0 Å². The molecule has 5 nitrogen and oxygen atoms in total. The summed E-state index contributed by atoms with van der Waals surface area (Å²) in [5.74, 6) is 0.769. The molecule has 92 valence electrons. The molecule has 1 aromatic rings. The first kappa shape index (κ1) is 10.8. The monoisotopic (exact) mass is 235 g/mol. The van der Waals surface area contributed by atoms with Crippen LogP contribution in [0.4, 0.5) is 0 Å². The van der Waals surface area contributed by atoms with Gasteiger partial charge in [-0.1, -0.05) is 5.16 Å². The number of nitrogens with zero attached hydrogens (tertiary/aromatic N) is 2. The summed E-state index contributed by atoms with van der Waals surface area (Å²) in [4.78, 5) is 14.1. The van der Waals surface area contributed by atoms with E-state index in [-0.39, 0.29) is 11.4 Å². The fraction of sp³-hybridized carbons (Fsp3) is 0.667. The molecular weight excluding hydrogens is 218 g/mol. The first-order chi connectivity index (χ1) is 8.01. The maximum absolute atomic E-state index is 12.3. The van der Waals surface area contributed by atoms with Crippen LogP contribution in [-0.4, -0.2) is 34.6 Å². The third-order valence-corrected chi connectivity index (χ3v) is 4.34. The molecule has 0 aromatic carbocycles. The summed E-state index contributed by atoms with van der Waals surface area (Å²) in [5.41, 5.74) is 7.69. The smallest absolute Gasteiger partial charge is 0.292 e. The highest BCUT2D eigenvalue weighted by molar-refractivity contribution is 5.93. The minimum absolute atomic E-state index is 0.0673. The second-order valence-electron chi connectivity index (χ2n) is 5.38. The first-order valence-corrected chi connectivity index (χ1v) is 6.02. The zero-order valence-corrected chi connectivity index (χ0v) is 10.2. The molecule has 1 aliphatic heterocycles. The van der Waals surface area contributed by atoms with E-state index in [9.17, 15) is 4.79 Å². The number of hydrogen-bond donors (Lipinski definition) is 1. The molecule has 0 radical (unpaired) electrons. The Morgan fingerprint density at radius 2 is 2.35 bits per heavy atom. The molecule has 3 rings (SSSR count). The molecule has 2 atom stereocenters. The van der Waals surface area contributed by atoms with E-state index in [0.29, 0.717) is 18.2 Å². The van der Waals surface area contributed by atoms with Crippen molar-refractivity contribution in [1.82, 2.24) is 10.1 Å². The molecule has 17 heavy (non-hydrogen) atoms. The molecule has 1 aromatic heterocycles. The van der Waals surface area contributed by atoms with Gasteiger partial charge in [-0.3, -0.25) is 4.79 Å². The van der Waals surface area contributed by atoms with Gasteiger partial charge >= 0.3 is 0 Å². The number of hydrogen-bond acceptors (Lipinski definition) is 4. The lowest BCUT2D eigenvalue weighted by atomic mass is 9.70. The second-order valence-corrected chi connectivity index (χ2v) is 5.38. The molecule has 2 heterocycles. The van der Waals surface area contributed by atoms with E-state index >= 15 is 0 Å². The molecule has 1 saturated heterocycles. The van der Waals surface area contributed by atoms with Crippen LogP contribution in [0.25, 0.3) is 0 Å². The Morgan fingerprint density at radius 1 is 1.59 bits per heavy atom. The van der Waals surface area contributed by atoms with Crippen molar-refractivity contribution in [2.45, 2.75) is 32.2 Å². The fourth-order valence-electron chi connectivity index (χ4n) is 2.80. The van der Waals surface area contributed by atoms with Crippen LogP contribution in [0.1, 0.15) is 34.7 Å². The third kappa shape index (κ3) is 1.42. The largest absolute Gasteiger partial charge is 0.350 e. The second kappa shape index (κ2) is 3.32. The summed E-state index contributed by atoms with van der Waals surface area (Å²) in [5, 5.41) is 3.83. The molecule has 1 amide bonds. The Bertz CT molecular complexity index is 482. The van der Waals surface area contributed by atoms with E-state index in [1.165, 1.54) is 0 Å². The van der Waals surface area contributed by atoms with Crippen LogP contribution in [0.2, 0.25) is 0 Å². The van der Waals surface area contributed by atoms with Crippen LogP contribution in [0.5, 0.6) is 0 Å². The normalized spacial score (nSPS) is 31.2. The van der Waals surface area contributed by atoms with Gasteiger partial charge in [0.05, 0.1) is 5.69 Å². The number of nitrogens with two attached hydrogens (primary N) is 1. The summed E-state index contributed by atoms with van der Waals surface area (Å²) in [6.45, 7) is 5.11. The Labute approximate surface area is 99.9 Å². The van der Waals surface area contributed by atoms with E-state index in [2.05, 4.69) is 5.16 Å². The molecule has 0 unspecified atom stereocenters. The number of rotatable bonds is 1. The van der Waals surface area contributed by atoms with Crippen molar-refractivity contribution in [3.63, 3.8) is 0 Å². The van der Waals surface area contributed by atoms with Crippen molar-refractivity contribution in [2.75, 3.05) is 13.1 Å². The lowest BCUT2D eigenvalue weighted by molar-refractivity contribution is 0.0742. The van der Waals surface area contributed by atoms with Gasteiger partial charge in [-0.2, -0.15) is 0 Å². The highest BCUT2D eigenvalue weighted by Crippen LogP contribution is 2.42. The molecular formula is C12H17N3O2. The van der Waals surface area contributed by atoms with Gasteiger partial charge in [0.15, 0.2) is 0 Å². The van der Waals surface area contributed by atoms with Gasteiger partial charge in [-0.15, -0.1) is 0 Å². The molecule has 2 N–H and O–H groups in total. The van der Waals surface area contributed by atoms with Crippen LogP contribution in [0.15, 0.2) is 4.52 Å². The number of likely N-dealkylation sites (tertiary alicyclic amines) is 1. The summed E-state index contributed by atoms with van der Waals surface area (Å²) in [7, 11) is 0. The zero-order valence-electron chi connectivity index (χ0n) is 10.2. The summed E-state index contributed by atoms with van der Waals surface area (Å²) >= 11 is 0. The van der Waals surface area contributed by atoms with Crippen molar-refractivity contribution < 1.29 is 9.32 Å². The van der Waals surface area contributed by atoms with E-state index in [0.717, 1.165) is 30.6 Å². The highest BCUT2D eigenvalue weighted by atomic mass is 16.5. The summed E-state index contributed by atoms with van der Waals surface area (Å²) in [6, 6.07) is 0. The van der Waals surface area contributed by atoms with Crippen LogP contribution in [0, 0.1) is 19.8 Å². The Balaban J connectivity index is 1.82. The van der Waals surface area contributed by atoms with Crippen molar-refractivity contribution in [3.05, 3.63) is 17.0 Å². The van der Waals surface area contributed by atoms with Crippen LogP contribution in [-0.2, 0) is 0 Å². The van der Waals surface area contributed by atoms with Gasteiger partial charge in [0, 0.05) is 24.2 Å². The van der Waals surface area contributed by atoms with Gasteiger partial charge in [0.1, 0.15) is 0 Å². The number of aromatic nitrogens is 1. The van der Waals surface area contributed by atoms with E-state index < -0.39 is 0 Å². The zero-order chi connectivity index (χ0) is 12.2. The lowest BCUT2D eigenvalue weighted by Crippen LogP contribution is -2.54. The Kier molecular flexibility index (Phi) is 2.10. The van der Waals surface area contributed by atoms with Gasteiger partial charge in [-0.05, 0) is 32.6 Å². The van der Waals surface area contributed by atoms with Crippen molar-refractivity contribution in [1.29, 1.82) is 0 Å². The van der Waals surface area contributed by atoms with Crippen LogP contribution in [0.3, 0.4) is 0 Å². The fourth-order valence-corrected chi connectivity index (χ4v) is 2.80. The molecule has 0 spiro atoms. The Hall–Kier alpha value is -1.36. The minimum Gasteiger partial charge on any atom is -0.350 e. The maximum Gasteiger partial charge on any atom is 0.292 e. The molecule has 2 fully saturated rings. The molecule has 0 bridgehead atoms. The average molecular weight is 235 g/mol. The van der Waals surface area contributed by atoms with Crippen LogP contribution >= 0.6 is 0 Å². The van der Waals surface area contributed by atoms with E-state index in [1.54, 1.807) is 0 Å². The quantitative estimate of drug-likeness (QED) is 0.783. The molecule has 1 saturated carbocycles. The maximum atomic E-state index is 12.3. The average Bonchev–Trinajstić information content (AvgIpc) is 2.72. The molecule has 5 heteroatoms. The van der Waals surface area contributed by atoms with Crippen LogP contribution < -0.4 is 5.73 Å².